The van der Waals surface area contributed by atoms with Gasteiger partial charge < -0.3 is 16.0 Å². The Morgan fingerprint density at radius 2 is 1.56 bits per heavy atom. The van der Waals surface area contributed by atoms with Crippen LogP contribution >= 0.6 is 11.6 Å². The van der Waals surface area contributed by atoms with Crippen molar-refractivity contribution in [2.75, 3.05) is 10.6 Å². The summed E-state index contributed by atoms with van der Waals surface area (Å²) in [5.41, 5.74) is 1.57. The Morgan fingerprint density at radius 1 is 0.963 bits per heavy atom. The molecule has 0 aliphatic heterocycles. The Hall–Kier alpha value is -2.86. The molecule has 0 spiro atoms. The van der Waals surface area contributed by atoms with Crippen LogP contribution in [0.3, 0.4) is 0 Å². The van der Waals surface area contributed by atoms with Gasteiger partial charge in [0.2, 0.25) is 11.8 Å². The summed E-state index contributed by atoms with van der Waals surface area (Å²) in [6.07, 6.45) is 1.88. The first kappa shape index (κ1) is 18.9. The average Bonchev–Trinajstić information content (AvgIpc) is 3.48. The molecule has 7 heteroatoms. The highest BCUT2D eigenvalue weighted by Gasteiger charge is 2.29. The zero-order chi connectivity index (χ0) is 19.4. The first-order chi connectivity index (χ1) is 12.9. The molecule has 2 aromatic carbocycles. The summed E-state index contributed by atoms with van der Waals surface area (Å²) in [5.74, 6) is -0.610. The van der Waals surface area contributed by atoms with E-state index in [1.54, 1.807) is 55.5 Å². The molecule has 0 heterocycles. The van der Waals surface area contributed by atoms with Gasteiger partial charge in [-0.1, -0.05) is 23.7 Å². The van der Waals surface area contributed by atoms with E-state index in [1.807, 2.05) is 0 Å². The summed E-state index contributed by atoms with van der Waals surface area (Å²) in [4.78, 5) is 36.3. The van der Waals surface area contributed by atoms with Crippen LogP contribution in [-0.2, 0) is 9.59 Å². The lowest BCUT2D eigenvalue weighted by Crippen LogP contribution is -2.41. The Bertz CT molecular complexity index is 863. The van der Waals surface area contributed by atoms with Crippen molar-refractivity contribution in [1.82, 2.24) is 5.32 Å². The van der Waals surface area contributed by atoms with Gasteiger partial charge in [-0.25, -0.2) is 0 Å². The molecule has 1 aliphatic carbocycles. The van der Waals surface area contributed by atoms with Crippen LogP contribution in [0, 0.1) is 5.92 Å². The molecule has 0 bridgehead atoms. The Morgan fingerprint density at radius 3 is 2.15 bits per heavy atom. The topological polar surface area (TPSA) is 87.3 Å². The third-order valence-corrected chi connectivity index (χ3v) is 4.56. The normalized spacial score (nSPS) is 14.1. The fourth-order valence-electron chi connectivity index (χ4n) is 2.46. The van der Waals surface area contributed by atoms with Gasteiger partial charge in [0.05, 0.1) is 10.6 Å². The van der Waals surface area contributed by atoms with E-state index in [4.69, 9.17) is 11.6 Å². The third kappa shape index (κ3) is 5.08. The smallest absolute Gasteiger partial charge is 0.253 e. The number of amides is 3. The predicted octanol–water partition coefficient (Wildman–Crippen LogP) is 3.45. The summed E-state index contributed by atoms with van der Waals surface area (Å²) in [6, 6.07) is 12.7. The molecule has 0 radical (unpaired) electrons. The van der Waals surface area contributed by atoms with Gasteiger partial charge >= 0.3 is 0 Å². The van der Waals surface area contributed by atoms with Crippen molar-refractivity contribution >= 4 is 40.7 Å². The molecule has 1 aliphatic rings. The Balaban J connectivity index is 1.53. The Kier molecular flexibility index (Phi) is 5.76. The van der Waals surface area contributed by atoms with Crippen molar-refractivity contribution in [3.05, 3.63) is 59.1 Å². The van der Waals surface area contributed by atoms with Gasteiger partial charge in [-0.15, -0.1) is 0 Å². The molecule has 2 aromatic rings. The molecular formula is C20H20ClN3O3. The van der Waals surface area contributed by atoms with Gasteiger partial charge in [-0.05, 0) is 56.2 Å². The second-order valence-corrected chi connectivity index (χ2v) is 6.91. The summed E-state index contributed by atoms with van der Waals surface area (Å²) < 4.78 is 0. The first-order valence-electron chi connectivity index (χ1n) is 8.71. The molecule has 0 saturated heterocycles. The second kappa shape index (κ2) is 8.22. The van der Waals surface area contributed by atoms with Crippen LogP contribution in [0.2, 0.25) is 5.02 Å². The van der Waals surface area contributed by atoms with E-state index < -0.39 is 11.9 Å². The number of anilines is 2. The number of halogens is 1. The lowest BCUT2D eigenvalue weighted by Gasteiger charge is -2.15. The largest absolute Gasteiger partial charge is 0.340 e. The van der Waals surface area contributed by atoms with Crippen molar-refractivity contribution in [3.63, 3.8) is 0 Å². The van der Waals surface area contributed by atoms with E-state index in [1.165, 1.54) is 0 Å². The maximum absolute atomic E-state index is 12.3. The van der Waals surface area contributed by atoms with E-state index in [-0.39, 0.29) is 17.7 Å². The quantitative estimate of drug-likeness (QED) is 0.711. The number of hydrogen-bond acceptors (Lipinski definition) is 3. The summed E-state index contributed by atoms with van der Waals surface area (Å²) in [5, 5.41) is 8.51. The molecule has 1 saturated carbocycles. The molecule has 6 nitrogen and oxygen atoms in total. The van der Waals surface area contributed by atoms with Crippen LogP contribution < -0.4 is 16.0 Å². The average molecular weight is 386 g/mol. The van der Waals surface area contributed by atoms with Gasteiger partial charge in [0, 0.05) is 17.3 Å². The number of carbonyl (C=O) groups is 3. The molecule has 0 aromatic heterocycles. The summed E-state index contributed by atoms with van der Waals surface area (Å²) >= 11 is 5.99. The van der Waals surface area contributed by atoms with Gasteiger partial charge in [0.1, 0.15) is 6.04 Å². The number of nitrogens with one attached hydrogen (secondary N) is 3. The highest BCUT2D eigenvalue weighted by Crippen LogP contribution is 2.30. The SMILES string of the molecule is CC(NC(=O)c1ccccc1Cl)C(=O)Nc1ccc(NC(=O)C2CC2)cc1. The summed E-state index contributed by atoms with van der Waals surface area (Å²) in [6.45, 7) is 1.59. The minimum atomic E-state index is -0.747. The molecule has 3 N–H and O–H groups in total. The number of carbonyl (C=O) groups excluding carboxylic acids is 3. The minimum Gasteiger partial charge on any atom is -0.340 e. The molecular weight excluding hydrogens is 366 g/mol. The van der Waals surface area contributed by atoms with E-state index >= 15 is 0 Å². The number of rotatable bonds is 6. The highest BCUT2D eigenvalue weighted by molar-refractivity contribution is 6.33. The van der Waals surface area contributed by atoms with Crippen molar-refractivity contribution < 1.29 is 14.4 Å². The maximum atomic E-state index is 12.3. The van der Waals surface area contributed by atoms with Crippen LogP contribution in [0.15, 0.2) is 48.5 Å². The van der Waals surface area contributed by atoms with Gasteiger partial charge in [-0.2, -0.15) is 0 Å². The Labute approximate surface area is 162 Å². The van der Waals surface area contributed by atoms with Crippen molar-refractivity contribution in [3.8, 4) is 0 Å². The molecule has 27 heavy (non-hydrogen) atoms. The van der Waals surface area contributed by atoms with E-state index in [0.717, 1.165) is 12.8 Å². The van der Waals surface area contributed by atoms with Crippen LogP contribution in [0.1, 0.15) is 30.1 Å². The summed E-state index contributed by atoms with van der Waals surface area (Å²) in [7, 11) is 0. The van der Waals surface area contributed by atoms with Crippen LogP contribution in [-0.4, -0.2) is 23.8 Å². The second-order valence-electron chi connectivity index (χ2n) is 6.51. The molecule has 3 rings (SSSR count). The van der Waals surface area contributed by atoms with Crippen molar-refractivity contribution in [2.24, 2.45) is 5.92 Å². The monoisotopic (exact) mass is 385 g/mol. The van der Waals surface area contributed by atoms with Gasteiger partial charge in [0.15, 0.2) is 0 Å². The maximum Gasteiger partial charge on any atom is 0.253 e. The number of benzene rings is 2. The van der Waals surface area contributed by atoms with Gasteiger partial charge in [-0.3, -0.25) is 14.4 Å². The first-order valence-corrected chi connectivity index (χ1v) is 9.09. The predicted molar refractivity (Wildman–Crippen MR) is 105 cm³/mol. The lowest BCUT2D eigenvalue weighted by atomic mass is 10.2. The minimum absolute atomic E-state index is 0.0303. The molecule has 140 valence electrons. The standard InChI is InChI=1S/C20H20ClN3O3/c1-12(22-20(27)16-4-2-3-5-17(16)21)18(25)23-14-8-10-15(11-9-14)24-19(26)13-6-7-13/h2-5,8-13H,6-7H2,1H3,(H,22,27)(H,23,25)(H,24,26). The highest BCUT2D eigenvalue weighted by atomic mass is 35.5. The number of hydrogen-bond donors (Lipinski definition) is 3. The lowest BCUT2D eigenvalue weighted by molar-refractivity contribution is -0.118. The van der Waals surface area contributed by atoms with E-state index in [2.05, 4.69) is 16.0 Å². The van der Waals surface area contributed by atoms with Crippen molar-refractivity contribution in [1.29, 1.82) is 0 Å². The van der Waals surface area contributed by atoms with Gasteiger partial charge in [0.25, 0.3) is 5.91 Å². The van der Waals surface area contributed by atoms with E-state index in [9.17, 15) is 14.4 Å². The fourth-order valence-corrected chi connectivity index (χ4v) is 2.68. The van der Waals surface area contributed by atoms with Crippen molar-refractivity contribution in [2.45, 2.75) is 25.8 Å². The molecule has 3 amide bonds. The zero-order valence-electron chi connectivity index (χ0n) is 14.8. The van der Waals surface area contributed by atoms with Crippen LogP contribution in [0.4, 0.5) is 11.4 Å². The van der Waals surface area contributed by atoms with Crippen LogP contribution in [0.5, 0.6) is 0 Å². The fraction of sp³-hybridized carbons (Fsp3) is 0.250. The third-order valence-electron chi connectivity index (χ3n) is 4.23. The molecule has 1 fully saturated rings. The van der Waals surface area contributed by atoms with E-state index in [0.29, 0.717) is 22.0 Å². The zero-order valence-corrected chi connectivity index (χ0v) is 15.5. The van der Waals surface area contributed by atoms with Crippen LogP contribution in [0.25, 0.3) is 0 Å². The molecule has 1 unspecified atom stereocenters. The molecule has 1 atom stereocenters.